The second-order valence-corrected chi connectivity index (χ2v) is 6.26. The number of carbonyl (C=O) groups is 2. The number of esters is 1. The Morgan fingerprint density at radius 3 is 2.46 bits per heavy atom. The van der Waals surface area contributed by atoms with Gasteiger partial charge in [-0.25, -0.2) is 9.48 Å². The van der Waals surface area contributed by atoms with Crippen molar-refractivity contribution in [2.75, 3.05) is 19.0 Å². The first-order valence-corrected chi connectivity index (χ1v) is 8.70. The lowest BCUT2D eigenvalue weighted by Gasteiger charge is -2.11. The Hall–Kier alpha value is -3.61. The van der Waals surface area contributed by atoms with Crippen LogP contribution in [-0.2, 0) is 9.53 Å². The van der Waals surface area contributed by atoms with Gasteiger partial charge in [-0.3, -0.25) is 4.79 Å². The predicted molar refractivity (Wildman–Crippen MR) is 105 cm³/mol. The van der Waals surface area contributed by atoms with Crippen LogP contribution in [0, 0.1) is 13.8 Å². The Kier molecular flexibility index (Phi) is 5.74. The van der Waals surface area contributed by atoms with E-state index in [2.05, 4.69) is 10.4 Å². The van der Waals surface area contributed by atoms with E-state index in [1.54, 1.807) is 47.3 Å². The van der Waals surface area contributed by atoms with Gasteiger partial charge < -0.3 is 14.8 Å². The zero-order valence-corrected chi connectivity index (χ0v) is 15.9. The van der Waals surface area contributed by atoms with Crippen molar-refractivity contribution < 1.29 is 19.1 Å². The van der Waals surface area contributed by atoms with Gasteiger partial charge in [0.25, 0.3) is 5.91 Å². The number of anilines is 1. The number of rotatable bonds is 6. The third-order valence-electron chi connectivity index (χ3n) is 4.14. The number of aromatic nitrogens is 2. The molecule has 1 amide bonds. The molecular weight excluding hydrogens is 358 g/mol. The van der Waals surface area contributed by atoms with Crippen molar-refractivity contribution >= 4 is 17.6 Å². The van der Waals surface area contributed by atoms with Crippen molar-refractivity contribution in [2.24, 2.45) is 0 Å². The Labute approximate surface area is 162 Å². The predicted octanol–water partition coefficient (Wildman–Crippen LogP) is 3.29. The molecule has 1 heterocycles. The Morgan fingerprint density at radius 1 is 1.07 bits per heavy atom. The Morgan fingerprint density at radius 2 is 1.82 bits per heavy atom. The van der Waals surface area contributed by atoms with Crippen molar-refractivity contribution in [3.63, 3.8) is 0 Å². The molecule has 3 rings (SSSR count). The summed E-state index contributed by atoms with van der Waals surface area (Å²) in [6, 6.07) is 14.1. The van der Waals surface area contributed by atoms with Crippen molar-refractivity contribution in [3.8, 4) is 11.4 Å². The summed E-state index contributed by atoms with van der Waals surface area (Å²) in [7, 11) is 1.52. The maximum Gasteiger partial charge on any atom is 0.338 e. The van der Waals surface area contributed by atoms with E-state index in [0.29, 0.717) is 17.0 Å². The summed E-state index contributed by atoms with van der Waals surface area (Å²) in [5.41, 5.74) is 3.68. The van der Waals surface area contributed by atoms with Gasteiger partial charge in [0, 0.05) is 11.9 Å². The molecule has 3 aromatic rings. The topological polar surface area (TPSA) is 82.5 Å². The van der Waals surface area contributed by atoms with Gasteiger partial charge in [0.05, 0.1) is 24.0 Å². The molecule has 0 spiro atoms. The maximum atomic E-state index is 12.2. The second-order valence-electron chi connectivity index (χ2n) is 6.26. The molecule has 144 valence electrons. The largest absolute Gasteiger partial charge is 0.495 e. The van der Waals surface area contributed by atoms with Crippen LogP contribution in [0.15, 0.2) is 54.7 Å². The van der Waals surface area contributed by atoms with E-state index in [0.717, 1.165) is 16.9 Å². The molecule has 7 nitrogen and oxygen atoms in total. The zero-order chi connectivity index (χ0) is 20.1. The average molecular weight is 379 g/mol. The number of nitrogens with one attached hydrogen (secondary N) is 1. The smallest absolute Gasteiger partial charge is 0.338 e. The SMILES string of the molecule is COc1ccc(C)cc1NC(=O)COC(=O)c1ccc(-n2nccc2C)cc1. The fourth-order valence-electron chi connectivity index (χ4n) is 2.70. The standard InChI is InChI=1S/C21H21N3O4/c1-14-4-9-19(27-3)18(12-14)23-20(25)13-28-21(26)16-5-7-17(8-6-16)24-15(2)10-11-22-24/h4-12H,13H2,1-3H3,(H,23,25). The van der Waals surface area contributed by atoms with Crippen LogP contribution >= 0.6 is 0 Å². The first kappa shape index (κ1) is 19.2. The fourth-order valence-corrected chi connectivity index (χ4v) is 2.70. The van der Waals surface area contributed by atoms with E-state index >= 15 is 0 Å². The summed E-state index contributed by atoms with van der Waals surface area (Å²) in [6.07, 6.45) is 1.71. The van der Waals surface area contributed by atoms with E-state index in [1.807, 2.05) is 26.0 Å². The molecule has 0 unspecified atom stereocenters. The Bertz CT molecular complexity index is 993. The molecule has 0 aliphatic rings. The minimum absolute atomic E-state index is 0.356. The van der Waals surface area contributed by atoms with Gasteiger partial charge in [-0.2, -0.15) is 5.10 Å². The molecule has 0 fully saturated rings. The van der Waals surface area contributed by atoms with Crippen LogP contribution in [0.5, 0.6) is 5.75 Å². The fraction of sp³-hybridized carbons (Fsp3) is 0.190. The number of hydrogen-bond acceptors (Lipinski definition) is 5. The number of benzene rings is 2. The lowest BCUT2D eigenvalue weighted by atomic mass is 10.2. The summed E-state index contributed by atoms with van der Waals surface area (Å²) >= 11 is 0. The van der Waals surface area contributed by atoms with Crippen LogP contribution in [0.25, 0.3) is 5.69 Å². The van der Waals surface area contributed by atoms with E-state index in [1.165, 1.54) is 7.11 Å². The third-order valence-corrected chi connectivity index (χ3v) is 4.14. The van der Waals surface area contributed by atoms with E-state index in [-0.39, 0.29) is 0 Å². The quantitative estimate of drug-likeness (QED) is 0.665. The van der Waals surface area contributed by atoms with Gasteiger partial charge in [0.2, 0.25) is 0 Å². The number of nitrogens with zero attached hydrogens (tertiary/aromatic N) is 2. The van der Waals surface area contributed by atoms with E-state index < -0.39 is 18.5 Å². The van der Waals surface area contributed by atoms with Gasteiger partial charge >= 0.3 is 5.97 Å². The minimum atomic E-state index is -0.574. The van der Waals surface area contributed by atoms with Gasteiger partial charge in [0.1, 0.15) is 5.75 Å². The highest BCUT2D eigenvalue weighted by Crippen LogP contribution is 2.25. The normalized spacial score (nSPS) is 10.4. The molecule has 28 heavy (non-hydrogen) atoms. The van der Waals surface area contributed by atoms with Gasteiger partial charge in [0.15, 0.2) is 6.61 Å². The van der Waals surface area contributed by atoms with Crippen LogP contribution in [0.2, 0.25) is 0 Å². The van der Waals surface area contributed by atoms with Crippen LogP contribution in [0.4, 0.5) is 5.69 Å². The summed E-state index contributed by atoms with van der Waals surface area (Å²) in [5, 5.41) is 6.91. The number of aryl methyl sites for hydroxylation is 2. The van der Waals surface area contributed by atoms with Crippen molar-refractivity contribution in [1.29, 1.82) is 0 Å². The van der Waals surface area contributed by atoms with Gasteiger partial charge in [-0.05, 0) is 61.9 Å². The zero-order valence-electron chi connectivity index (χ0n) is 15.9. The van der Waals surface area contributed by atoms with E-state index in [4.69, 9.17) is 9.47 Å². The molecule has 2 aromatic carbocycles. The average Bonchev–Trinajstić information content (AvgIpc) is 3.12. The lowest BCUT2D eigenvalue weighted by Crippen LogP contribution is -2.21. The number of ether oxygens (including phenoxy) is 2. The lowest BCUT2D eigenvalue weighted by molar-refractivity contribution is -0.119. The van der Waals surface area contributed by atoms with Crippen LogP contribution in [0.3, 0.4) is 0 Å². The molecule has 0 atom stereocenters. The van der Waals surface area contributed by atoms with Crippen LogP contribution in [-0.4, -0.2) is 35.4 Å². The van der Waals surface area contributed by atoms with Crippen molar-refractivity contribution in [1.82, 2.24) is 9.78 Å². The molecule has 1 aromatic heterocycles. The van der Waals surface area contributed by atoms with Crippen LogP contribution < -0.4 is 10.1 Å². The summed E-state index contributed by atoms with van der Waals surface area (Å²) in [6.45, 7) is 3.45. The number of hydrogen-bond donors (Lipinski definition) is 1. The highest BCUT2D eigenvalue weighted by Gasteiger charge is 2.13. The van der Waals surface area contributed by atoms with Crippen molar-refractivity contribution in [3.05, 3.63) is 71.5 Å². The highest BCUT2D eigenvalue weighted by atomic mass is 16.5. The minimum Gasteiger partial charge on any atom is -0.495 e. The molecular formula is C21H21N3O4. The molecule has 0 aliphatic heterocycles. The monoisotopic (exact) mass is 379 g/mol. The molecule has 0 radical (unpaired) electrons. The second kappa shape index (κ2) is 8.39. The molecule has 1 N–H and O–H groups in total. The maximum absolute atomic E-state index is 12.2. The summed E-state index contributed by atoms with van der Waals surface area (Å²) in [4.78, 5) is 24.3. The molecule has 7 heteroatoms. The van der Waals surface area contributed by atoms with Gasteiger partial charge in [-0.1, -0.05) is 6.07 Å². The first-order valence-electron chi connectivity index (χ1n) is 8.70. The van der Waals surface area contributed by atoms with E-state index in [9.17, 15) is 9.59 Å². The molecule has 0 bridgehead atoms. The van der Waals surface area contributed by atoms with Crippen LogP contribution in [0.1, 0.15) is 21.6 Å². The molecule has 0 saturated heterocycles. The first-order chi connectivity index (χ1) is 13.5. The molecule has 0 saturated carbocycles. The third kappa shape index (κ3) is 4.37. The number of carbonyl (C=O) groups excluding carboxylic acids is 2. The molecule has 0 aliphatic carbocycles. The summed E-state index contributed by atoms with van der Waals surface area (Å²) < 4.78 is 12.1. The Balaban J connectivity index is 1.59. The number of amides is 1. The van der Waals surface area contributed by atoms with Gasteiger partial charge in [-0.15, -0.1) is 0 Å². The van der Waals surface area contributed by atoms with Crippen molar-refractivity contribution in [2.45, 2.75) is 13.8 Å². The number of methoxy groups -OCH3 is 1. The highest BCUT2D eigenvalue weighted by molar-refractivity contribution is 5.96. The summed E-state index contributed by atoms with van der Waals surface area (Å²) in [5.74, 6) is -0.481.